The van der Waals surface area contributed by atoms with Crippen LogP contribution in [-0.2, 0) is 17.9 Å². The van der Waals surface area contributed by atoms with E-state index in [1.54, 1.807) is 0 Å². The fourth-order valence-electron chi connectivity index (χ4n) is 3.23. The number of hydrogen-bond acceptors (Lipinski definition) is 5. The van der Waals surface area contributed by atoms with Gasteiger partial charge >= 0.3 is 0 Å². The second kappa shape index (κ2) is 10.1. The van der Waals surface area contributed by atoms with E-state index in [-0.39, 0.29) is 17.5 Å². The summed E-state index contributed by atoms with van der Waals surface area (Å²) in [6, 6.07) is 4.27. The number of halogens is 2. The van der Waals surface area contributed by atoms with Crippen molar-refractivity contribution in [2.24, 2.45) is 0 Å². The van der Waals surface area contributed by atoms with Gasteiger partial charge in [0.2, 0.25) is 5.91 Å². The van der Waals surface area contributed by atoms with Crippen molar-refractivity contribution in [1.82, 2.24) is 20.1 Å². The number of amides is 1. The minimum absolute atomic E-state index is 0.0263. The lowest BCUT2D eigenvalue weighted by Crippen LogP contribution is -2.37. The minimum Gasteiger partial charge on any atom is -0.484 e. The van der Waals surface area contributed by atoms with E-state index in [9.17, 15) is 9.18 Å². The summed E-state index contributed by atoms with van der Waals surface area (Å²) in [5.41, 5.74) is 0. The van der Waals surface area contributed by atoms with E-state index in [0.29, 0.717) is 35.1 Å². The Morgan fingerprint density at radius 1 is 1.36 bits per heavy atom. The largest absolute Gasteiger partial charge is 0.484 e. The van der Waals surface area contributed by atoms with Gasteiger partial charge in [0, 0.05) is 12.6 Å². The molecule has 6 nitrogen and oxygen atoms in total. The van der Waals surface area contributed by atoms with Gasteiger partial charge in [-0.05, 0) is 38.0 Å². The average molecular weight is 427 g/mol. The van der Waals surface area contributed by atoms with Gasteiger partial charge in [0.05, 0.1) is 10.8 Å². The lowest BCUT2D eigenvalue weighted by Gasteiger charge is -2.22. The van der Waals surface area contributed by atoms with Gasteiger partial charge in [-0.3, -0.25) is 4.79 Å². The second-order valence-electron chi connectivity index (χ2n) is 6.70. The van der Waals surface area contributed by atoms with Crippen molar-refractivity contribution in [3.63, 3.8) is 0 Å². The molecule has 2 aromatic rings. The van der Waals surface area contributed by atoms with Crippen LogP contribution in [0.2, 0.25) is 5.02 Å². The standard InChI is InChI=1S/C19H24ClFN4O2S/c1-2-25-17(11-27-16-9-8-13(21)10-15(16)20)23-24-19(25)28-12-18(26)22-14-6-4-3-5-7-14/h8-10,14H,2-7,11-12H2,1H3,(H,22,26). The third-order valence-electron chi connectivity index (χ3n) is 4.66. The number of rotatable bonds is 8. The van der Waals surface area contributed by atoms with E-state index < -0.39 is 5.82 Å². The van der Waals surface area contributed by atoms with Crippen molar-refractivity contribution in [1.29, 1.82) is 0 Å². The molecule has 28 heavy (non-hydrogen) atoms. The molecule has 0 spiro atoms. The van der Waals surface area contributed by atoms with E-state index >= 15 is 0 Å². The molecule has 1 aromatic heterocycles. The summed E-state index contributed by atoms with van der Waals surface area (Å²) in [5, 5.41) is 12.3. The SMILES string of the molecule is CCn1c(COc2ccc(F)cc2Cl)nnc1SCC(=O)NC1CCCCC1. The molecule has 0 bridgehead atoms. The first-order chi connectivity index (χ1) is 13.6. The molecular weight excluding hydrogens is 403 g/mol. The minimum atomic E-state index is -0.417. The summed E-state index contributed by atoms with van der Waals surface area (Å²) in [4.78, 5) is 12.2. The highest BCUT2D eigenvalue weighted by Gasteiger charge is 2.18. The predicted molar refractivity (Wildman–Crippen MR) is 107 cm³/mol. The number of benzene rings is 1. The van der Waals surface area contributed by atoms with E-state index in [0.717, 1.165) is 12.8 Å². The van der Waals surface area contributed by atoms with Gasteiger partial charge in [0.15, 0.2) is 11.0 Å². The molecule has 9 heteroatoms. The van der Waals surface area contributed by atoms with Crippen molar-refractivity contribution in [3.05, 3.63) is 34.9 Å². The fourth-order valence-corrected chi connectivity index (χ4v) is 4.29. The second-order valence-corrected chi connectivity index (χ2v) is 8.05. The number of nitrogens with zero attached hydrogens (tertiary/aromatic N) is 3. The molecule has 0 unspecified atom stereocenters. The first-order valence-electron chi connectivity index (χ1n) is 9.49. The number of nitrogens with one attached hydrogen (secondary N) is 1. The van der Waals surface area contributed by atoms with Crippen LogP contribution in [0, 0.1) is 5.82 Å². The van der Waals surface area contributed by atoms with Gasteiger partial charge in [-0.2, -0.15) is 0 Å². The molecule has 3 rings (SSSR count). The van der Waals surface area contributed by atoms with E-state index in [1.807, 2.05) is 11.5 Å². The van der Waals surface area contributed by atoms with Crippen LogP contribution in [-0.4, -0.2) is 32.5 Å². The van der Waals surface area contributed by atoms with Crippen LogP contribution < -0.4 is 10.1 Å². The molecule has 0 radical (unpaired) electrons. The van der Waals surface area contributed by atoms with Crippen molar-refractivity contribution >= 4 is 29.3 Å². The third kappa shape index (κ3) is 5.61. The van der Waals surface area contributed by atoms with Gasteiger partial charge in [-0.15, -0.1) is 10.2 Å². The zero-order valence-corrected chi connectivity index (χ0v) is 17.4. The summed E-state index contributed by atoms with van der Waals surface area (Å²) < 4.78 is 20.7. The molecule has 1 aliphatic rings. The molecule has 1 amide bonds. The molecule has 0 atom stereocenters. The molecule has 0 aliphatic heterocycles. The van der Waals surface area contributed by atoms with E-state index in [4.69, 9.17) is 16.3 Å². The van der Waals surface area contributed by atoms with Crippen molar-refractivity contribution in [2.75, 3.05) is 5.75 Å². The summed E-state index contributed by atoms with van der Waals surface area (Å²) in [7, 11) is 0. The zero-order valence-electron chi connectivity index (χ0n) is 15.8. The van der Waals surface area contributed by atoms with Crippen LogP contribution in [0.25, 0.3) is 0 Å². The Morgan fingerprint density at radius 2 is 2.14 bits per heavy atom. The maximum Gasteiger partial charge on any atom is 0.230 e. The lowest BCUT2D eigenvalue weighted by molar-refractivity contribution is -0.119. The number of carbonyl (C=O) groups is 1. The normalized spacial score (nSPS) is 14.8. The molecule has 152 valence electrons. The average Bonchev–Trinajstić information content (AvgIpc) is 3.08. The van der Waals surface area contributed by atoms with Gasteiger partial charge in [-0.25, -0.2) is 4.39 Å². The Hall–Kier alpha value is -1.80. The summed E-state index contributed by atoms with van der Waals surface area (Å²) in [6.45, 7) is 2.78. The van der Waals surface area contributed by atoms with Crippen molar-refractivity contribution in [2.45, 2.75) is 63.4 Å². The van der Waals surface area contributed by atoms with Crippen molar-refractivity contribution in [3.8, 4) is 5.75 Å². The monoisotopic (exact) mass is 426 g/mol. The van der Waals surface area contributed by atoms with Gasteiger partial charge in [0.25, 0.3) is 0 Å². The predicted octanol–water partition coefficient (Wildman–Crippen LogP) is 4.21. The molecule has 1 heterocycles. The maximum absolute atomic E-state index is 13.1. The molecule has 1 N–H and O–H groups in total. The first-order valence-corrected chi connectivity index (χ1v) is 10.8. The molecular formula is C19H24ClFN4O2S. The van der Waals surface area contributed by atoms with E-state index in [2.05, 4.69) is 15.5 Å². The molecule has 1 aromatic carbocycles. The van der Waals surface area contributed by atoms with E-state index in [1.165, 1.54) is 49.2 Å². The highest BCUT2D eigenvalue weighted by molar-refractivity contribution is 7.99. The Labute approximate surface area is 173 Å². The Morgan fingerprint density at radius 3 is 2.86 bits per heavy atom. The third-order valence-corrected chi connectivity index (χ3v) is 5.93. The Bertz CT molecular complexity index is 811. The number of ether oxygens (including phenoxy) is 1. The summed E-state index contributed by atoms with van der Waals surface area (Å²) in [6.07, 6.45) is 5.76. The van der Waals surface area contributed by atoms with Crippen LogP contribution in [0.15, 0.2) is 23.4 Å². The lowest BCUT2D eigenvalue weighted by atomic mass is 9.95. The Balaban J connectivity index is 1.54. The number of aromatic nitrogens is 3. The molecule has 1 saturated carbocycles. The van der Waals surface area contributed by atoms with Crippen LogP contribution in [0.4, 0.5) is 4.39 Å². The van der Waals surface area contributed by atoms with Gasteiger partial charge in [0.1, 0.15) is 18.2 Å². The Kier molecular flexibility index (Phi) is 7.56. The highest BCUT2D eigenvalue weighted by Crippen LogP contribution is 2.26. The van der Waals surface area contributed by atoms with Gasteiger partial charge in [-0.1, -0.05) is 42.6 Å². The summed E-state index contributed by atoms with van der Waals surface area (Å²) in [5.74, 6) is 0.921. The zero-order chi connectivity index (χ0) is 19.9. The van der Waals surface area contributed by atoms with Crippen LogP contribution in [0.3, 0.4) is 0 Å². The smallest absolute Gasteiger partial charge is 0.230 e. The van der Waals surface area contributed by atoms with Crippen LogP contribution in [0.5, 0.6) is 5.75 Å². The van der Waals surface area contributed by atoms with Crippen LogP contribution >= 0.6 is 23.4 Å². The van der Waals surface area contributed by atoms with Gasteiger partial charge < -0.3 is 14.6 Å². The number of hydrogen-bond donors (Lipinski definition) is 1. The molecule has 0 saturated heterocycles. The number of carbonyl (C=O) groups excluding carboxylic acids is 1. The quantitative estimate of drug-likeness (QED) is 0.640. The van der Waals surface area contributed by atoms with Crippen LogP contribution in [0.1, 0.15) is 44.9 Å². The molecule has 1 aliphatic carbocycles. The maximum atomic E-state index is 13.1. The molecule has 1 fully saturated rings. The van der Waals surface area contributed by atoms with Crippen molar-refractivity contribution < 1.29 is 13.9 Å². The fraction of sp³-hybridized carbons (Fsp3) is 0.526. The summed E-state index contributed by atoms with van der Waals surface area (Å²) >= 11 is 7.34. The first kappa shape index (κ1) is 20.9. The highest BCUT2D eigenvalue weighted by atomic mass is 35.5. The topological polar surface area (TPSA) is 69.0 Å². The number of thioether (sulfide) groups is 1.